The van der Waals surface area contributed by atoms with Gasteiger partial charge in [-0.3, -0.25) is 5.10 Å². The van der Waals surface area contributed by atoms with Crippen LogP contribution in [0.4, 0.5) is 5.82 Å². The first kappa shape index (κ1) is 11.6. The number of H-pyrrole nitrogens is 1. The molecule has 0 fully saturated rings. The van der Waals surface area contributed by atoms with Crippen molar-refractivity contribution in [3.63, 3.8) is 0 Å². The zero-order valence-electron chi connectivity index (χ0n) is 9.89. The summed E-state index contributed by atoms with van der Waals surface area (Å²) in [6.07, 6.45) is 1.25. The number of aromatic amines is 1. The highest BCUT2D eigenvalue weighted by molar-refractivity contribution is 5.92. The van der Waals surface area contributed by atoms with Crippen molar-refractivity contribution in [1.82, 2.24) is 10.2 Å². The predicted molar refractivity (Wildman–Crippen MR) is 65.9 cm³/mol. The van der Waals surface area contributed by atoms with Crippen molar-refractivity contribution in [2.75, 3.05) is 5.73 Å². The van der Waals surface area contributed by atoms with Gasteiger partial charge in [-0.05, 0) is 31.0 Å². The molecule has 0 aliphatic rings. The van der Waals surface area contributed by atoms with Crippen molar-refractivity contribution in [1.29, 1.82) is 0 Å². The lowest BCUT2D eigenvalue weighted by molar-refractivity contribution is 1.09. The lowest BCUT2D eigenvalue weighted by atomic mass is 10.1. The average Bonchev–Trinajstić information content (AvgIpc) is 2.56. The summed E-state index contributed by atoms with van der Waals surface area (Å²) in [7, 11) is 0. The van der Waals surface area contributed by atoms with Crippen molar-refractivity contribution >= 4 is 16.7 Å². The van der Waals surface area contributed by atoms with E-state index in [1.807, 2.05) is 6.07 Å². The van der Waals surface area contributed by atoms with Crippen LogP contribution in [0.3, 0.4) is 0 Å². The minimum Gasteiger partial charge on any atom is -0.382 e. The van der Waals surface area contributed by atoms with E-state index in [9.17, 15) is 0 Å². The van der Waals surface area contributed by atoms with Crippen molar-refractivity contribution in [2.24, 2.45) is 0 Å². The first-order valence-corrected chi connectivity index (χ1v) is 5.31. The number of hydrogen-bond donors (Lipinski definition) is 2. The number of anilines is 1. The van der Waals surface area contributed by atoms with Crippen LogP contribution in [0.1, 0.15) is 31.4 Å². The Morgan fingerprint density at radius 3 is 2.47 bits per heavy atom. The number of fused-ring (bicyclic) bond motifs is 1. The van der Waals surface area contributed by atoms with Gasteiger partial charge in [0.05, 0.1) is 5.52 Å². The van der Waals surface area contributed by atoms with Crippen LogP contribution in [0.5, 0.6) is 0 Å². The van der Waals surface area contributed by atoms with Crippen LogP contribution in [0.2, 0.25) is 0 Å². The van der Waals surface area contributed by atoms with Crippen LogP contribution >= 0.6 is 0 Å². The number of aryl methyl sites for hydroxylation is 2. The molecule has 2 aromatic rings. The van der Waals surface area contributed by atoms with Gasteiger partial charge in [0.1, 0.15) is 0 Å². The van der Waals surface area contributed by atoms with Crippen LogP contribution < -0.4 is 5.73 Å². The number of nitrogen functional groups attached to an aromatic ring is 1. The number of hydrogen-bond acceptors (Lipinski definition) is 2. The minimum absolute atomic E-state index is 0.589. The third-order valence-corrected chi connectivity index (χ3v) is 2.29. The fraction of sp³-hybridized carbons (Fsp3) is 0.417. The zero-order valence-corrected chi connectivity index (χ0v) is 9.89. The summed E-state index contributed by atoms with van der Waals surface area (Å²) in [5, 5.41) is 7.88. The SMILES string of the molecule is CCC.Cc1ccc2[nH]nc(N)c2c1C. The van der Waals surface area contributed by atoms with E-state index < -0.39 is 0 Å². The maximum atomic E-state index is 5.70. The molecule has 0 unspecified atom stereocenters. The largest absolute Gasteiger partial charge is 0.382 e. The first-order chi connectivity index (χ1) is 7.11. The average molecular weight is 205 g/mol. The van der Waals surface area contributed by atoms with Crippen LogP contribution in [0.25, 0.3) is 10.9 Å². The second kappa shape index (κ2) is 4.82. The molecule has 1 aromatic heterocycles. The second-order valence-corrected chi connectivity index (χ2v) is 3.75. The Hall–Kier alpha value is -1.51. The molecule has 15 heavy (non-hydrogen) atoms. The number of benzene rings is 1. The van der Waals surface area contributed by atoms with E-state index in [1.54, 1.807) is 0 Å². The molecular formula is C12H19N3. The molecule has 3 N–H and O–H groups in total. The summed E-state index contributed by atoms with van der Waals surface area (Å²) in [6, 6.07) is 4.07. The van der Waals surface area contributed by atoms with Crippen molar-refractivity contribution in [3.8, 4) is 0 Å². The van der Waals surface area contributed by atoms with Gasteiger partial charge >= 0.3 is 0 Å². The lowest BCUT2D eigenvalue weighted by Crippen LogP contribution is -1.87. The van der Waals surface area contributed by atoms with Crippen LogP contribution in [0.15, 0.2) is 12.1 Å². The van der Waals surface area contributed by atoms with Gasteiger partial charge in [0.15, 0.2) is 5.82 Å². The highest BCUT2D eigenvalue weighted by atomic mass is 15.1. The van der Waals surface area contributed by atoms with Gasteiger partial charge in [0.2, 0.25) is 0 Å². The fourth-order valence-corrected chi connectivity index (χ4v) is 1.42. The highest BCUT2D eigenvalue weighted by Crippen LogP contribution is 2.23. The number of rotatable bonds is 0. The van der Waals surface area contributed by atoms with Gasteiger partial charge in [0.25, 0.3) is 0 Å². The smallest absolute Gasteiger partial charge is 0.153 e. The van der Waals surface area contributed by atoms with E-state index >= 15 is 0 Å². The normalized spacial score (nSPS) is 9.87. The van der Waals surface area contributed by atoms with Gasteiger partial charge in [-0.2, -0.15) is 5.10 Å². The Balaban J connectivity index is 0.000000337. The first-order valence-electron chi connectivity index (χ1n) is 5.31. The standard InChI is InChI=1S/C9H11N3.C3H8/c1-5-3-4-7-8(6(5)2)9(10)12-11-7;1-3-2/h3-4H,1-2H3,(H3,10,11,12);3H2,1-2H3. The quantitative estimate of drug-likeness (QED) is 0.694. The summed E-state index contributed by atoms with van der Waals surface area (Å²) in [5.41, 5.74) is 9.17. The van der Waals surface area contributed by atoms with Crippen LogP contribution in [-0.4, -0.2) is 10.2 Å². The maximum absolute atomic E-state index is 5.70. The summed E-state index contributed by atoms with van der Waals surface area (Å²) in [4.78, 5) is 0. The molecule has 0 bridgehead atoms. The molecular weight excluding hydrogens is 186 g/mol. The lowest BCUT2D eigenvalue weighted by Gasteiger charge is -2.00. The summed E-state index contributed by atoms with van der Waals surface area (Å²) >= 11 is 0. The van der Waals surface area contributed by atoms with E-state index in [1.165, 1.54) is 17.5 Å². The molecule has 0 atom stereocenters. The minimum atomic E-state index is 0.589. The third-order valence-electron chi connectivity index (χ3n) is 2.29. The van der Waals surface area contributed by atoms with Crippen molar-refractivity contribution < 1.29 is 0 Å². The number of aromatic nitrogens is 2. The second-order valence-electron chi connectivity index (χ2n) is 3.75. The van der Waals surface area contributed by atoms with Crippen molar-refractivity contribution in [2.45, 2.75) is 34.1 Å². The molecule has 82 valence electrons. The van der Waals surface area contributed by atoms with Gasteiger partial charge in [-0.25, -0.2) is 0 Å². The molecule has 0 aliphatic carbocycles. The molecule has 1 aromatic carbocycles. The van der Waals surface area contributed by atoms with Gasteiger partial charge in [-0.15, -0.1) is 0 Å². The predicted octanol–water partition coefficient (Wildman–Crippen LogP) is 3.18. The summed E-state index contributed by atoms with van der Waals surface area (Å²) in [5.74, 6) is 0.589. The summed E-state index contributed by atoms with van der Waals surface area (Å²) in [6.45, 7) is 8.38. The Morgan fingerprint density at radius 1 is 1.27 bits per heavy atom. The molecule has 0 aliphatic heterocycles. The van der Waals surface area contributed by atoms with Gasteiger partial charge in [-0.1, -0.05) is 26.3 Å². The molecule has 2 rings (SSSR count). The summed E-state index contributed by atoms with van der Waals surface area (Å²) < 4.78 is 0. The van der Waals surface area contributed by atoms with Crippen LogP contribution in [-0.2, 0) is 0 Å². The fourth-order valence-electron chi connectivity index (χ4n) is 1.42. The Morgan fingerprint density at radius 2 is 1.87 bits per heavy atom. The van der Waals surface area contributed by atoms with E-state index in [-0.39, 0.29) is 0 Å². The zero-order chi connectivity index (χ0) is 11.4. The van der Waals surface area contributed by atoms with E-state index in [2.05, 4.69) is 44.0 Å². The molecule has 0 radical (unpaired) electrons. The van der Waals surface area contributed by atoms with E-state index in [0.29, 0.717) is 5.82 Å². The third kappa shape index (κ3) is 2.29. The topological polar surface area (TPSA) is 54.7 Å². The van der Waals surface area contributed by atoms with Gasteiger partial charge in [0, 0.05) is 5.39 Å². The number of nitrogens with zero attached hydrogens (tertiary/aromatic N) is 1. The highest BCUT2D eigenvalue weighted by Gasteiger charge is 2.05. The molecule has 3 heteroatoms. The number of nitrogens with one attached hydrogen (secondary N) is 1. The number of nitrogens with two attached hydrogens (primary N) is 1. The monoisotopic (exact) mass is 205 g/mol. The van der Waals surface area contributed by atoms with E-state index in [4.69, 9.17) is 5.73 Å². The molecule has 0 saturated carbocycles. The maximum Gasteiger partial charge on any atom is 0.153 e. The van der Waals surface area contributed by atoms with Crippen molar-refractivity contribution in [3.05, 3.63) is 23.3 Å². The molecule has 0 amide bonds. The Labute approximate surface area is 90.7 Å². The van der Waals surface area contributed by atoms with Gasteiger partial charge < -0.3 is 5.73 Å². The molecule has 1 heterocycles. The Bertz CT molecular complexity index is 443. The Kier molecular flexibility index (Phi) is 3.72. The molecule has 3 nitrogen and oxygen atoms in total. The van der Waals surface area contributed by atoms with Crippen LogP contribution in [0, 0.1) is 13.8 Å². The molecule has 0 spiro atoms. The van der Waals surface area contributed by atoms with E-state index in [0.717, 1.165) is 10.9 Å². The molecule has 0 saturated heterocycles.